The number of unbranched alkanes of at least 4 members (excludes halogenated alkanes) is 1. The summed E-state index contributed by atoms with van der Waals surface area (Å²) >= 11 is 0. The number of guanidine groups is 2. The van der Waals surface area contributed by atoms with E-state index in [-0.39, 0.29) is 153 Å². The Morgan fingerprint density at radius 3 is 0.958 bits per heavy atom. The first kappa shape index (κ1) is 107. The molecule has 29 N–H and O–H groups in total. The number of nitrogens with zero attached hydrogens (tertiary/aromatic N) is 3. The summed E-state index contributed by atoms with van der Waals surface area (Å²) in [6, 6.07) is 20.3. The lowest BCUT2D eigenvalue weighted by molar-refractivity contribution is -0.143. The van der Waals surface area contributed by atoms with Crippen LogP contribution in [0.15, 0.2) is 152 Å². The summed E-state index contributed by atoms with van der Waals surface area (Å²) in [5.74, 6) is -10.9. The molecule has 0 saturated carbocycles. The van der Waals surface area contributed by atoms with E-state index in [2.05, 4.69) is 83.4 Å². The highest BCUT2D eigenvalue weighted by Gasteiger charge is 2.46. The summed E-state index contributed by atoms with van der Waals surface area (Å²) < 4.78 is 0. The fourth-order valence-corrected chi connectivity index (χ4v) is 19.2. The Hall–Kier alpha value is -15.2. The number of carbonyl (C=O) groups is 14. The average molecular weight is 1970 g/mol. The molecule has 0 bridgehead atoms. The van der Waals surface area contributed by atoms with Crippen molar-refractivity contribution < 1.29 is 72.2 Å². The molecule has 13 amide bonds. The predicted octanol–water partition coefficient (Wildman–Crippen LogP) is 3.59. The van der Waals surface area contributed by atoms with Gasteiger partial charge in [-0.1, -0.05) is 125 Å². The maximum Gasteiger partial charge on any atom is 0.300 e. The first-order chi connectivity index (χ1) is 68.7. The van der Waals surface area contributed by atoms with Gasteiger partial charge in [0.05, 0.1) is 6.04 Å². The predicted molar refractivity (Wildman–Crippen MR) is 542 cm³/mol. The SMILES string of the molecule is CC(=O)O.CC[C@H](C)[C@H](N)C(=O)N[C@@H](CC(C)C)C(=O)N1CCC[C@H]1C(=O)N[C@@H](Cc1c[nH]c2ccccc12)C(=O)N[C@@H](CCCCN)C(=O)N[C@@H](Cc1c[nH]c2ccccc12)C(=O)N1CCC[C@H]1C(=O)N[C@@H](Cc1c[nH]c2ccccc12)C(=O)N[C@@H](Cc1c[nH]c2ccccc12)C(=O)N1CCC[C@H]1C(=O)N[C@@H](Cc1c[nH]c2ccccc12)C(=O)N[C@@H](CCCNC(=N)N)C(=O)N[C@@H](CCCNC(=N)N)C(N)=O. The third-order valence-corrected chi connectivity index (χ3v) is 26.9. The zero-order valence-corrected chi connectivity index (χ0v) is 81.4. The minimum absolute atomic E-state index is 0.0147. The Morgan fingerprint density at radius 1 is 0.385 bits per heavy atom. The van der Waals surface area contributed by atoms with E-state index in [9.17, 15) is 19.2 Å². The molecular weight excluding hydrogens is 1830 g/mol. The van der Waals surface area contributed by atoms with E-state index >= 15 is 43.2 Å². The molecule has 41 nitrogen and oxygen atoms in total. The number of carbonyl (C=O) groups excluding carboxylic acids is 13. The van der Waals surface area contributed by atoms with Crippen LogP contribution in [0.3, 0.4) is 0 Å². The maximum absolute atomic E-state index is 16.1. The second-order valence-electron chi connectivity index (χ2n) is 37.6. The summed E-state index contributed by atoms with van der Waals surface area (Å²) in [5.41, 5.74) is 36.1. The number of carboxylic acids is 1. The zero-order valence-electron chi connectivity index (χ0n) is 81.4. The minimum Gasteiger partial charge on any atom is -0.481 e. The lowest BCUT2D eigenvalue weighted by Crippen LogP contribution is -2.61. The summed E-state index contributed by atoms with van der Waals surface area (Å²) in [6.07, 6.45) is 11.5. The van der Waals surface area contributed by atoms with E-state index in [0.29, 0.717) is 71.9 Å². The van der Waals surface area contributed by atoms with Crippen LogP contribution in [0.2, 0.25) is 0 Å². The molecule has 41 heteroatoms. The van der Waals surface area contributed by atoms with Crippen molar-refractivity contribution in [3.8, 4) is 0 Å². The Balaban J connectivity index is 0.00000447. The highest BCUT2D eigenvalue weighted by Crippen LogP contribution is 2.31. The summed E-state index contributed by atoms with van der Waals surface area (Å²) in [4.78, 5) is 226. The molecule has 3 aliphatic heterocycles. The molecule has 143 heavy (non-hydrogen) atoms. The second kappa shape index (κ2) is 50.8. The van der Waals surface area contributed by atoms with Gasteiger partial charge in [0.1, 0.15) is 72.5 Å². The third-order valence-electron chi connectivity index (χ3n) is 26.9. The molecule has 10 aromatic rings. The first-order valence-electron chi connectivity index (χ1n) is 49.2. The van der Waals surface area contributed by atoms with Gasteiger partial charge >= 0.3 is 0 Å². The van der Waals surface area contributed by atoms with Crippen molar-refractivity contribution in [2.75, 3.05) is 39.3 Å². The molecule has 3 saturated heterocycles. The number of aliphatic carboxylic acids is 1. The van der Waals surface area contributed by atoms with Crippen LogP contribution >= 0.6 is 0 Å². The van der Waals surface area contributed by atoms with E-state index in [0.717, 1.165) is 55.9 Å². The lowest BCUT2D eigenvalue weighted by atomic mass is 9.97. The van der Waals surface area contributed by atoms with Crippen LogP contribution in [0.4, 0.5) is 0 Å². The minimum atomic E-state index is -1.48. The molecule has 8 heterocycles. The van der Waals surface area contributed by atoms with Crippen molar-refractivity contribution in [1.29, 1.82) is 10.8 Å². The van der Waals surface area contributed by atoms with Crippen LogP contribution in [0, 0.1) is 22.7 Å². The van der Waals surface area contributed by atoms with E-state index < -0.39 is 161 Å². The first-order valence-corrected chi connectivity index (χ1v) is 49.2. The number of aromatic nitrogens is 5. The number of aromatic amines is 5. The van der Waals surface area contributed by atoms with Crippen LogP contribution in [-0.2, 0) is 99.2 Å². The van der Waals surface area contributed by atoms with Gasteiger partial charge in [0, 0.05) is 157 Å². The van der Waals surface area contributed by atoms with Crippen LogP contribution in [0.25, 0.3) is 54.5 Å². The van der Waals surface area contributed by atoms with E-state index in [4.69, 9.17) is 49.4 Å². The lowest BCUT2D eigenvalue weighted by Gasteiger charge is -2.32. The fraction of sp³-hybridized carbons (Fsp3) is 0.451. The van der Waals surface area contributed by atoms with Crippen molar-refractivity contribution in [2.24, 2.45) is 40.5 Å². The molecule has 5 aromatic heterocycles. The quantitative estimate of drug-likeness (QED) is 0.0147. The number of hydrogen-bond donors (Lipinski definition) is 24. The van der Waals surface area contributed by atoms with Gasteiger partial charge in [-0.25, -0.2) is 0 Å². The topological polar surface area (TPSA) is 658 Å². The summed E-state index contributed by atoms with van der Waals surface area (Å²) in [6.45, 7) is 9.46. The van der Waals surface area contributed by atoms with Crippen molar-refractivity contribution in [3.05, 3.63) is 180 Å². The smallest absolute Gasteiger partial charge is 0.300 e. The molecule has 3 fully saturated rings. The summed E-state index contributed by atoms with van der Waals surface area (Å²) in [7, 11) is 0. The van der Waals surface area contributed by atoms with Gasteiger partial charge in [-0.05, 0) is 166 Å². The number of fused-ring (bicyclic) bond motifs is 5. The normalized spacial score (nSPS) is 16.9. The van der Waals surface area contributed by atoms with E-state index in [1.165, 1.54) is 14.7 Å². The molecule has 14 atom stereocenters. The van der Waals surface area contributed by atoms with Gasteiger partial charge in [0.2, 0.25) is 76.8 Å². The van der Waals surface area contributed by atoms with Crippen LogP contribution in [0.5, 0.6) is 0 Å². The van der Waals surface area contributed by atoms with Crippen LogP contribution < -0.4 is 87.2 Å². The van der Waals surface area contributed by atoms with Gasteiger partial charge in [-0.3, -0.25) is 77.9 Å². The standard InChI is InChI=1S/C100H132N26O13.C2H4O2/c1-5-57(4)85(102)95(136)123-79(45-56(2)3)96(137)124-42-20-36-82(124)92(133)118-76(46-58-51-110-68-28-11-6-23-63(58)68)89(130)116-74(33-16-17-39-101)88(129)121-80(49-61-54-113-71-31-14-9-26-66(61)71)97(138)125-43-21-38-84(125)94(135)120-78(48-60-53-112-70-30-13-8-25-65(60)70)91(132)122-81(50-62-55-114-72-32-15-10-27-67(62)72)98(139)126-44-22-37-83(126)93(134)119-77(47-59-52-111-69-29-12-7-24-64(59)69)90(131)117-75(35-19-41-109-100(106)107)87(128)115-73(86(103)127)34-18-40-108-99(104)105;1-2(3)4/h6-15,23-32,51-57,73-85,110-114H,5,16-22,33-50,101-102H2,1-4H3,(H2,103,127)(H,115,128)(H,116,130)(H,117,131)(H,118,133)(H,119,134)(H,120,135)(H,121,129)(H,122,132)(H,123,136)(H4,104,105,108)(H4,106,107,109);1H3,(H,3,4)/t57-,73-,74-,75-,76-,77-,78-,79-,80-,81-,82-,83-,84-,85-;/m0./s1. The third kappa shape index (κ3) is 28.4. The maximum atomic E-state index is 16.1. The largest absolute Gasteiger partial charge is 0.481 e. The molecule has 13 rings (SSSR count). The number of benzene rings is 5. The Bertz CT molecular complexity index is 6190. The molecule has 0 radical (unpaired) electrons. The number of carboxylic acid groups (broad SMARTS) is 1. The number of hydrogen-bond acceptors (Lipinski definition) is 18. The number of nitrogens with two attached hydrogens (primary N) is 5. The zero-order chi connectivity index (χ0) is 103. The van der Waals surface area contributed by atoms with E-state index in [1.807, 2.05) is 149 Å². The van der Waals surface area contributed by atoms with E-state index in [1.54, 1.807) is 31.0 Å². The molecule has 3 aliphatic rings. The van der Waals surface area contributed by atoms with Gasteiger partial charge in [0.15, 0.2) is 11.9 Å². The summed E-state index contributed by atoms with van der Waals surface area (Å²) in [5, 5.41) is 58.1. The van der Waals surface area contributed by atoms with Gasteiger partial charge in [-0.15, -0.1) is 0 Å². The van der Waals surface area contributed by atoms with Crippen molar-refractivity contribution >= 4 is 149 Å². The molecule has 0 unspecified atom stereocenters. The number of amides is 13. The molecule has 764 valence electrons. The fourth-order valence-electron chi connectivity index (χ4n) is 19.2. The van der Waals surface area contributed by atoms with Gasteiger partial charge < -0.3 is 132 Å². The number of primary amides is 1. The van der Waals surface area contributed by atoms with Crippen LogP contribution in [0.1, 0.15) is 159 Å². The number of likely N-dealkylation sites (tertiary alicyclic amines) is 3. The van der Waals surface area contributed by atoms with Gasteiger partial charge in [-0.2, -0.15) is 0 Å². The number of para-hydroxylation sites is 5. The highest BCUT2D eigenvalue weighted by molar-refractivity contribution is 6.03. The average Bonchev–Trinajstić information content (AvgIpc) is 1.70. The van der Waals surface area contributed by atoms with Crippen molar-refractivity contribution in [3.63, 3.8) is 0 Å². The molecular formula is C102H136N26O15. The highest BCUT2D eigenvalue weighted by atomic mass is 16.4. The Labute approximate surface area is 827 Å². The number of nitrogens with one attached hydrogen (secondary N) is 18. The molecule has 0 spiro atoms. The Kier molecular flexibility index (Phi) is 37.9. The monoisotopic (exact) mass is 1970 g/mol. The molecule has 0 aliphatic carbocycles. The van der Waals surface area contributed by atoms with Crippen LogP contribution in [-0.4, -0.2) is 257 Å². The second-order valence-corrected chi connectivity index (χ2v) is 37.6. The molecule has 5 aromatic carbocycles. The number of H-pyrrole nitrogens is 5. The number of rotatable bonds is 48. The van der Waals surface area contributed by atoms with Crippen molar-refractivity contribution in [2.45, 2.75) is 242 Å². The van der Waals surface area contributed by atoms with Gasteiger partial charge in [0.25, 0.3) is 5.97 Å². The Morgan fingerprint density at radius 2 is 0.657 bits per heavy atom. The van der Waals surface area contributed by atoms with Crippen molar-refractivity contribution in [1.82, 2.24) is 98.1 Å².